The molecule has 4 heteroatoms. The Balaban J connectivity index is 2.32. The fourth-order valence-corrected chi connectivity index (χ4v) is 2.81. The van der Waals surface area contributed by atoms with Crippen molar-refractivity contribution in [1.29, 1.82) is 0 Å². The van der Waals surface area contributed by atoms with Crippen LogP contribution in [0.4, 0.5) is 0 Å². The number of nitrogens with zero attached hydrogens (tertiary/aromatic N) is 1. The third kappa shape index (κ3) is 2.46. The van der Waals surface area contributed by atoms with Crippen LogP contribution in [0.5, 0.6) is 5.75 Å². The second kappa shape index (κ2) is 5.19. The van der Waals surface area contributed by atoms with Gasteiger partial charge in [-0.25, -0.2) is 0 Å². The molecule has 0 saturated carbocycles. The molecule has 1 N–H and O–H groups in total. The third-order valence-corrected chi connectivity index (χ3v) is 3.85. The molecule has 98 valence electrons. The van der Waals surface area contributed by atoms with Gasteiger partial charge in [0.1, 0.15) is 5.75 Å². The fourth-order valence-electron chi connectivity index (χ4n) is 2.64. The van der Waals surface area contributed by atoms with Crippen molar-refractivity contribution in [3.05, 3.63) is 28.8 Å². The maximum atomic E-state index is 12.5. The molecule has 0 spiro atoms. The first-order valence-corrected chi connectivity index (χ1v) is 6.69. The standard InChI is InChI=1S/C14H18ClNO2/c1-9-4-3-5-10(2)16(9)14(18)12-8-11(15)6-7-13(12)17/h6-10,17H,3-5H2,1-2H3/t9-,10+. The maximum absolute atomic E-state index is 12.5. The zero-order valence-corrected chi connectivity index (χ0v) is 11.4. The lowest BCUT2D eigenvalue weighted by atomic mass is 9.96. The first-order chi connectivity index (χ1) is 8.50. The zero-order valence-electron chi connectivity index (χ0n) is 10.7. The number of aromatic hydroxyl groups is 1. The number of carbonyl (C=O) groups is 1. The van der Waals surface area contributed by atoms with Crippen molar-refractivity contribution in [3.63, 3.8) is 0 Å². The number of amides is 1. The topological polar surface area (TPSA) is 40.5 Å². The van der Waals surface area contributed by atoms with E-state index in [2.05, 4.69) is 13.8 Å². The van der Waals surface area contributed by atoms with Gasteiger partial charge in [0.15, 0.2) is 0 Å². The summed E-state index contributed by atoms with van der Waals surface area (Å²) in [6.45, 7) is 4.10. The Morgan fingerprint density at radius 2 is 1.94 bits per heavy atom. The van der Waals surface area contributed by atoms with Gasteiger partial charge in [0, 0.05) is 17.1 Å². The molecule has 2 atom stereocenters. The Morgan fingerprint density at radius 1 is 1.33 bits per heavy atom. The van der Waals surface area contributed by atoms with E-state index in [4.69, 9.17) is 11.6 Å². The van der Waals surface area contributed by atoms with E-state index in [0.29, 0.717) is 10.6 Å². The Bertz CT molecular complexity index is 451. The summed E-state index contributed by atoms with van der Waals surface area (Å²) in [7, 11) is 0. The molecule has 1 fully saturated rings. The van der Waals surface area contributed by atoms with Crippen molar-refractivity contribution in [1.82, 2.24) is 4.90 Å². The number of phenolic OH excluding ortho intramolecular Hbond substituents is 1. The Kier molecular flexibility index (Phi) is 3.81. The molecule has 1 aromatic carbocycles. The van der Waals surface area contributed by atoms with Crippen LogP contribution in [0.1, 0.15) is 43.5 Å². The van der Waals surface area contributed by atoms with Crippen molar-refractivity contribution in [3.8, 4) is 5.75 Å². The third-order valence-electron chi connectivity index (χ3n) is 3.62. The highest BCUT2D eigenvalue weighted by atomic mass is 35.5. The first kappa shape index (κ1) is 13.2. The molecule has 2 rings (SSSR count). The van der Waals surface area contributed by atoms with Crippen LogP contribution < -0.4 is 0 Å². The molecule has 0 aliphatic carbocycles. The van der Waals surface area contributed by atoms with Crippen molar-refractivity contribution in [2.45, 2.75) is 45.2 Å². The lowest BCUT2D eigenvalue weighted by Gasteiger charge is -2.39. The molecule has 0 radical (unpaired) electrons. The summed E-state index contributed by atoms with van der Waals surface area (Å²) in [6, 6.07) is 5.00. The number of benzene rings is 1. The molecule has 1 aromatic rings. The van der Waals surface area contributed by atoms with E-state index in [1.165, 1.54) is 12.1 Å². The molecule has 1 amide bonds. The van der Waals surface area contributed by atoms with E-state index in [1.807, 2.05) is 4.90 Å². The molecule has 1 heterocycles. The number of halogens is 1. The van der Waals surface area contributed by atoms with E-state index in [0.717, 1.165) is 19.3 Å². The second-order valence-electron chi connectivity index (χ2n) is 5.00. The fraction of sp³-hybridized carbons (Fsp3) is 0.500. The molecular weight excluding hydrogens is 250 g/mol. The van der Waals surface area contributed by atoms with Crippen LogP contribution in [0.2, 0.25) is 5.02 Å². The molecule has 1 aliphatic heterocycles. The number of carbonyl (C=O) groups excluding carboxylic acids is 1. The summed E-state index contributed by atoms with van der Waals surface area (Å²) in [6.07, 6.45) is 3.17. The van der Waals surface area contributed by atoms with Gasteiger partial charge in [-0.1, -0.05) is 11.6 Å². The second-order valence-corrected chi connectivity index (χ2v) is 5.44. The number of likely N-dealkylation sites (tertiary alicyclic amines) is 1. The van der Waals surface area contributed by atoms with Gasteiger partial charge in [-0.2, -0.15) is 0 Å². The Labute approximate surface area is 112 Å². The van der Waals surface area contributed by atoms with E-state index < -0.39 is 0 Å². The Hall–Kier alpha value is -1.22. The molecular formula is C14H18ClNO2. The summed E-state index contributed by atoms with van der Waals surface area (Å²) < 4.78 is 0. The van der Waals surface area contributed by atoms with Crippen molar-refractivity contribution in [2.75, 3.05) is 0 Å². The van der Waals surface area contributed by atoms with Gasteiger partial charge in [-0.15, -0.1) is 0 Å². The van der Waals surface area contributed by atoms with Gasteiger partial charge < -0.3 is 10.0 Å². The minimum absolute atomic E-state index is 0.00521. The molecule has 3 nitrogen and oxygen atoms in total. The van der Waals surface area contributed by atoms with Crippen LogP contribution in [0, 0.1) is 0 Å². The number of rotatable bonds is 1. The van der Waals surface area contributed by atoms with Gasteiger partial charge >= 0.3 is 0 Å². The lowest BCUT2D eigenvalue weighted by Crippen LogP contribution is -2.47. The van der Waals surface area contributed by atoms with E-state index >= 15 is 0 Å². The van der Waals surface area contributed by atoms with Gasteiger partial charge in [0.05, 0.1) is 5.56 Å². The van der Waals surface area contributed by atoms with Crippen LogP contribution in [0.15, 0.2) is 18.2 Å². The predicted molar refractivity (Wildman–Crippen MR) is 72.1 cm³/mol. The van der Waals surface area contributed by atoms with Crippen molar-refractivity contribution in [2.24, 2.45) is 0 Å². The van der Waals surface area contributed by atoms with Crippen LogP contribution in [0.25, 0.3) is 0 Å². The molecule has 0 bridgehead atoms. The van der Waals surface area contributed by atoms with Crippen molar-refractivity contribution < 1.29 is 9.90 Å². The van der Waals surface area contributed by atoms with E-state index in [1.54, 1.807) is 6.07 Å². The summed E-state index contributed by atoms with van der Waals surface area (Å²) in [5.74, 6) is -0.135. The normalized spacial score (nSPS) is 24.1. The SMILES string of the molecule is C[C@@H]1CCC[C@H](C)N1C(=O)c1cc(Cl)ccc1O. The molecule has 0 unspecified atom stereocenters. The summed E-state index contributed by atoms with van der Waals surface area (Å²) in [5.41, 5.74) is 0.295. The van der Waals surface area contributed by atoms with Crippen LogP contribution in [0.3, 0.4) is 0 Å². The molecule has 0 aromatic heterocycles. The predicted octanol–water partition coefficient (Wildman–Crippen LogP) is 3.45. The molecule has 1 saturated heterocycles. The van der Waals surface area contributed by atoms with Gasteiger partial charge in [0.2, 0.25) is 0 Å². The highest BCUT2D eigenvalue weighted by molar-refractivity contribution is 6.31. The summed E-state index contributed by atoms with van der Waals surface area (Å²) >= 11 is 5.89. The first-order valence-electron chi connectivity index (χ1n) is 6.32. The van der Waals surface area contributed by atoms with Crippen molar-refractivity contribution >= 4 is 17.5 Å². The lowest BCUT2D eigenvalue weighted by molar-refractivity contribution is 0.0508. The zero-order chi connectivity index (χ0) is 13.3. The van der Waals surface area contributed by atoms with Crippen LogP contribution >= 0.6 is 11.6 Å². The van der Waals surface area contributed by atoms with Gasteiger partial charge in [0.25, 0.3) is 5.91 Å². The van der Waals surface area contributed by atoms with Gasteiger partial charge in [-0.3, -0.25) is 4.79 Å². The number of phenols is 1. The van der Waals surface area contributed by atoms with Crippen LogP contribution in [-0.4, -0.2) is 28.0 Å². The summed E-state index contributed by atoms with van der Waals surface area (Å²) in [5, 5.41) is 10.3. The minimum atomic E-state index is -0.130. The highest BCUT2D eigenvalue weighted by Crippen LogP contribution is 2.28. The number of piperidine rings is 1. The number of hydrogen-bond acceptors (Lipinski definition) is 2. The average molecular weight is 268 g/mol. The minimum Gasteiger partial charge on any atom is -0.507 e. The average Bonchev–Trinajstić information content (AvgIpc) is 2.32. The summed E-state index contributed by atoms with van der Waals surface area (Å²) in [4.78, 5) is 14.4. The quantitative estimate of drug-likeness (QED) is 0.847. The largest absolute Gasteiger partial charge is 0.507 e. The Morgan fingerprint density at radius 3 is 2.56 bits per heavy atom. The number of hydrogen-bond donors (Lipinski definition) is 1. The molecule has 18 heavy (non-hydrogen) atoms. The smallest absolute Gasteiger partial charge is 0.258 e. The molecule has 1 aliphatic rings. The highest BCUT2D eigenvalue weighted by Gasteiger charge is 2.30. The van der Waals surface area contributed by atoms with Gasteiger partial charge in [-0.05, 0) is 51.3 Å². The maximum Gasteiger partial charge on any atom is 0.258 e. The van der Waals surface area contributed by atoms with E-state index in [9.17, 15) is 9.90 Å². The van der Waals surface area contributed by atoms with E-state index in [-0.39, 0.29) is 23.7 Å². The van der Waals surface area contributed by atoms with Crippen LogP contribution in [-0.2, 0) is 0 Å². The monoisotopic (exact) mass is 267 g/mol.